The van der Waals surface area contributed by atoms with Crippen molar-refractivity contribution >= 4 is 28.3 Å². The van der Waals surface area contributed by atoms with Gasteiger partial charge in [-0.3, -0.25) is 14.4 Å². The summed E-state index contributed by atoms with van der Waals surface area (Å²) in [6.07, 6.45) is 3.60. The second-order valence-electron chi connectivity index (χ2n) is 9.61. The SMILES string of the molecule is CC(=O)c1c(O)c(C)c(O)c2c1OC1=CC(=O)/C(=C(/C)NCCc3c[nH]c4ccc(O)cc34)C(=O)[C@]12C. The Hall–Kier alpha value is -4.53. The quantitative estimate of drug-likeness (QED) is 0.202. The molecular formula is C28H26N2O7. The van der Waals surface area contributed by atoms with Gasteiger partial charge in [0.25, 0.3) is 0 Å². The van der Waals surface area contributed by atoms with Gasteiger partial charge in [-0.25, -0.2) is 0 Å². The number of hydrogen-bond acceptors (Lipinski definition) is 8. The number of aromatic amines is 1. The first-order valence-electron chi connectivity index (χ1n) is 11.8. The van der Waals surface area contributed by atoms with Crippen LogP contribution in [0.1, 0.15) is 47.8 Å². The summed E-state index contributed by atoms with van der Waals surface area (Å²) in [5, 5.41) is 35.2. The predicted molar refractivity (Wildman–Crippen MR) is 135 cm³/mol. The van der Waals surface area contributed by atoms with Gasteiger partial charge in [-0.05, 0) is 57.9 Å². The molecule has 0 fully saturated rings. The number of Topliss-reactive ketones (excluding diaryl/α,β-unsaturated/α-hetero) is 2. The van der Waals surface area contributed by atoms with Crippen LogP contribution in [0.25, 0.3) is 10.9 Å². The molecule has 1 atom stereocenters. The monoisotopic (exact) mass is 502 g/mol. The third-order valence-corrected chi connectivity index (χ3v) is 7.30. The molecule has 3 aromatic rings. The molecule has 0 saturated carbocycles. The number of hydrogen-bond donors (Lipinski definition) is 5. The zero-order valence-corrected chi connectivity index (χ0v) is 20.8. The maximum Gasteiger partial charge on any atom is 0.194 e. The number of nitrogens with one attached hydrogen (secondary N) is 2. The number of phenols is 3. The molecule has 2 heterocycles. The lowest BCUT2D eigenvalue weighted by Gasteiger charge is -2.29. The molecule has 5 rings (SSSR count). The van der Waals surface area contributed by atoms with Gasteiger partial charge < -0.3 is 30.4 Å². The highest BCUT2D eigenvalue weighted by molar-refractivity contribution is 6.31. The van der Waals surface area contributed by atoms with Crippen molar-refractivity contribution in [1.82, 2.24) is 10.3 Å². The number of benzene rings is 2. The van der Waals surface area contributed by atoms with Crippen molar-refractivity contribution in [2.45, 2.75) is 39.5 Å². The van der Waals surface area contributed by atoms with Crippen LogP contribution in [0.15, 0.2) is 47.5 Å². The van der Waals surface area contributed by atoms with Crippen molar-refractivity contribution in [3.8, 4) is 23.0 Å². The summed E-state index contributed by atoms with van der Waals surface area (Å²) in [6.45, 7) is 6.26. The molecule has 0 amide bonds. The minimum atomic E-state index is -1.55. The molecule has 37 heavy (non-hydrogen) atoms. The molecule has 0 spiro atoms. The van der Waals surface area contributed by atoms with E-state index in [-0.39, 0.29) is 45.3 Å². The van der Waals surface area contributed by atoms with Crippen LogP contribution in [0.3, 0.4) is 0 Å². The summed E-state index contributed by atoms with van der Waals surface area (Å²) in [4.78, 5) is 42.3. The molecule has 1 aromatic heterocycles. The van der Waals surface area contributed by atoms with E-state index < -0.39 is 28.5 Å². The predicted octanol–water partition coefficient (Wildman–Crippen LogP) is 3.59. The van der Waals surface area contributed by atoms with Crippen LogP contribution in [-0.2, 0) is 21.4 Å². The molecule has 0 saturated heterocycles. The number of phenolic OH excluding ortho intramolecular Hbond substituents is 3. The number of fused-ring (bicyclic) bond motifs is 4. The summed E-state index contributed by atoms with van der Waals surface area (Å²) >= 11 is 0. The second kappa shape index (κ2) is 8.26. The van der Waals surface area contributed by atoms with Gasteiger partial charge in [0.05, 0.1) is 11.1 Å². The minimum absolute atomic E-state index is 0.00421. The maximum absolute atomic E-state index is 13.8. The van der Waals surface area contributed by atoms with E-state index >= 15 is 0 Å². The fourth-order valence-electron chi connectivity index (χ4n) is 5.21. The molecule has 190 valence electrons. The molecule has 9 heteroatoms. The first-order valence-corrected chi connectivity index (χ1v) is 11.8. The summed E-state index contributed by atoms with van der Waals surface area (Å²) < 4.78 is 5.78. The largest absolute Gasteiger partial charge is 0.508 e. The Labute approximate surface area is 212 Å². The van der Waals surface area contributed by atoms with Crippen molar-refractivity contribution in [3.05, 3.63) is 69.8 Å². The van der Waals surface area contributed by atoms with Gasteiger partial charge >= 0.3 is 0 Å². The molecular weight excluding hydrogens is 476 g/mol. The molecule has 0 radical (unpaired) electrons. The molecule has 0 bridgehead atoms. The fraction of sp³-hybridized carbons (Fsp3) is 0.250. The Balaban J connectivity index is 1.50. The van der Waals surface area contributed by atoms with Gasteiger partial charge in [-0.15, -0.1) is 0 Å². The standard InChI is InChI=1S/C28H26N2O7/c1-12-24(34)22(14(3)31)26-23(25(12)35)28(4)20(37-26)10-19(33)21(27(28)36)13(2)29-8-7-15-11-30-18-6-5-16(32)9-17(15)18/h5-6,9-11,29-30,32,34-35H,7-8H2,1-4H3/b21-13+/t28-/m1/s1. The van der Waals surface area contributed by atoms with Crippen LogP contribution in [0.4, 0.5) is 0 Å². The molecule has 1 aliphatic heterocycles. The van der Waals surface area contributed by atoms with Gasteiger partial charge in [-0.2, -0.15) is 0 Å². The average Bonchev–Trinajstić information content (AvgIpc) is 3.36. The van der Waals surface area contributed by atoms with Crippen LogP contribution in [0.2, 0.25) is 0 Å². The highest BCUT2D eigenvalue weighted by Gasteiger charge is 2.56. The van der Waals surface area contributed by atoms with Crippen molar-refractivity contribution < 1.29 is 34.4 Å². The summed E-state index contributed by atoms with van der Waals surface area (Å²) in [6, 6.07) is 5.06. The number of ether oxygens (including phenoxy) is 1. The lowest BCUT2D eigenvalue weighted by Crippen LogP contribution is -2.41. The number of carbonyl (C=O) groups excluding carboxylic acids is 3. The van der Waals surface area contributed by atoms with E-state index in [1.807, 2.05) is 6.20 Å². The number of carbonyl (C=O) groups is 3. The third-order valence-electron chi connectivity index (χ3n) is 7.30. The highest BCUT2D eigenvalue weighted by atomic mass is 16.5. The van der Waals surface area contributed by atoms with Crippen LogP contribution in [-0.4, -0.2) is 44.2 Å². The van der Waals surface area contributed by atoms with E-state index in [1.54, 1.807) is 25.1 Å². The van der Waals surface area contributed by atoms with Crippen molar-refractivity contribution in [3.63, 3.8) is 0 Å². The molecule has 2 aromatic carbocycles. The number of aromatic hydroxyl groups is 3. The van der Waals surface area contributed by atoms with Crippen molar-refractivity contribution in [2.75, 3.05) is 6.54 Å². The summed E-state index contributed by atoms with van der Waals surface area (Å²) in [5.74, 6) is -2.38. The molecule has 2 aliphatic rings. The zero-order chi connectivity index (χ0) is 26.8. The number of allylic oxidation sites excluding steroid dienone is 4. The van der Waals surface area contributed by atoms with E-state index in [2.05, 4.69) is 10.3 Å². The normalized spacial score (nSPS) is 19.8. The Morgan fingerprint density at radius 2 is 1.86 bits per heavy atom. The van der Waals surface area contributed by atoms with Gasteiger partial charge in [0, 0.05) is 41.0 Å². The molecule has 0 unspecified atom stereocenters. The van der Waals surface area contributed by atoms with E-state index in [1.165, 1.54) is 26.8 Å². The lowest BCUT2D eigenvalue weighted by molar-refractivity contribution is -0.123. The number of aromatic nitrogens is 1. The Kier molecular flexibility index (Phi) is 5.40. The third kappa shape index (κ3) is 3.41. The number of H-pyrrole nitrogens is 1. The van der Waals surface area contributed by atoms with Gasteiger partial charge in [0.1, 0.15) is 39.7 Å². The Morgan fingerprint density at radius 3 is 2.57 bits per heavy atom. The van der Waals surface area contributed by atoms with E-state index in [0.717, 1.165) is 16.5 Å². The second-order valence-corrected chi connectivity index (χ2v) is 9.61. The Morgan fingerprint density at radius 1 is 1.14 bits per heavy atom. The van der Waals surface area contributed by atoms with Crippen LogP contribution in [0.5, 0.6) is 23.0 Å². The molecule has 9 nitrogen and oxygen atoms in total. The summed E-state index contributed by atoms with van der Waals surface area (Å²) in [7, 11) is 0. The topological polar surface area (TPSA) is 149 Å². The lowest BCUT2D eigenvalue weighted by atomic mass is 9.70. The average molecular weight is 503 g/mol. The first kappa shape index (κ1) is 24.2. The summed E-state index contributed by atoms with van der Waals surface area (Å²) in [5.41, 5.74) is 0.539. The van der Waals surface area contributed by atoms with Crippen LogP contribution >= 0.6 is 0 Å². The first-order chi connectivity index (χ1) is 17.5. The van der Waals surface area contributed by atoms with Crippen molar-refractivity contribution in [1.29, 1.82) is 0 Å². The van der Waals surface area contributed by atoms with Crippen LogP contribution in [0, 0.1) is 6.92 Å². The number of rotatable bonds is 5. The van der Waals surface area contributed by atoms with E-state index in [4.69, 9.17) is 4.74 Å². The van der Waals surface area contributed by atoms with Gasteiger partial charge in [0.2, 0.25) is 0 Å². The number of ketones is 3. The zero-order valence-electron chi connectivity index (χ0n) is 20.8. The van der Waals surface area contributed by atoms with Crippen LogP contribution < -0.4 is 10.1 Å². The Bertz CT molecular complexity index is 1610. The van der Waals surface area contributed by atoms with Gasteiger partial charge in [0.15, 0.2) is 17.3 Å². The smallest absolute Gasteiger partial charge is 0.194 e. The van der Waals surface area contributed by atoms with Gasteiger partial charge in [-0.1, -0.05) is 0 Å². The minimum Gasteiger partial charge on any atom is -0.508 e. The van der Waals surface area contributed by atoms with E-state index in [9.17, 15) is 29.7 Å². The fourth-order valence-corrected chi connectivity index (χ4v) is 5.21. The maximum atomic E-state index is 13.8. The molecule has 5 N–H and O–H groups in total. The van der Waals surface area contributed by atoms with Crippen molar-refractivity contribution in [2.24, 2.45) is 0 Å². The molecule has 1 aliphatic carbocycles. The highest BCUT2D eigenvalue weighted by Crippen LogP contribution is 2.57. The van der Waals surface area contributed by atoms with E-state index in [0.29, 0.717) is 18.7 Å².